The first-order valence-corrected chi connectivity index (χ1v) is 9.98. The number of thioether (sulfide) groups is 1. The molecule has 4 nitrogen and oxygen atoms in total. The van der Waals surface area contributed by atoms with Crippen molar-refractivity contribution < 1.29 is 9.21 Å². The molecule has 1 aliphatic rings. The Morgan fingerprint density at radius 3 is 2.67 bits per heavy atom. The zero-order valence-electron chi connectivity index (χ0n) is 13.8. The molecule has 1 aliphatic heterocycles. The fourth-order valence-electron chi connectivity index (χ4n) is 2.50. The van der Waals surface area contributed by atoms with Crippen LogP contribution in [0.3, 0.4) is 0 Å². The molecule has 1 aromatic heterocycles. The number of amidine groups is 1. The highest BCUT2D eigenvalue weighted by atomic mass is 79.9. The van der Waals surface area contributed by atoms with Crippen LogP contribution in [0.5, 0.6) is 0 Å². The molecule has 0 aliphatic carbocycles. The molecule has 1 N–H and O–H groups in total. The number of rotatable bonds is 3. The molecule has 27 heavy (non-hydrogen) atoms. The summed E-state index contributed by atoms with van der Waals surface area (Å²) < 4.78 is 6.69. The van der Waals surface area contributed by atoms with Gasteiger partial charge in [0, 0.05) is 16.1 Å². The number of carbonyl (C=O) groups is 1. The number of hydrogen-bond donors (Lipinski definition) is 1. The van der Waals surface area contributed by atoms with Gasteiger partial charge in [-0.15, -0.1) is 0 Å². The minimum atomic E-state index is -0.207. The van der Waals surface area contributed by atoms with E-state index in [1.54, 1.807) is 6.08 Å². The van der Waals surface area contributed by atoms with Crippen LogP contribution in [0.2, 0.25) is 5.02 Å². The molecular formula is C20H12BrClN2O2S. The number of para-hydroxylation sites is 1. The van der Waals surface area contributed by atoms with Gasteiger partial charge in [-0.25, -0.2) is 4.99 Å². The second-order valence-electron chi connectivity index (χ2n) is 5.62. The molecule has 2 aromatic carbocycles. The zero-order valence-corrected chi connectivity index (χ0v) is 16.9. The maximum atomic E-state index is 12.2. The highest BCUT2D eigenvalue weighted by molar-refractivity contribution is 9.10. The monoisotopic (exact) mass is 458 g/mol. The Hall–Kier alpha value is -2.28. The summed E-state index contributed by atoms with van der Waals surface area (Å²) in [6.45, 7) is 0. The maximum Gasteiger partial charge on any atom is 0.264 e. The van der Waals surface area contributed by atoms with Gasteiger partial charge in [0.2, 0.25) is 0 Å². The lowest BCUT2D eigenvalue weighted by Crippen LogP contribution is -2.19. The SMILES string of the molecule is O=C1NC(=Nc2ccccc2Br)SC1=Cc1ccc(-c2ccccc2Cl)o1. The van der Waals surface area contributed by atoms with Gasteiger partial charge in [0.15, 0.2) is 5.17 Å². The average Bonchev–Trinajstić information content (AvgIpc) is 3.25. The molecule has 0 bridgehead atoms. The largest absolute Gasteiger partial charge is 0.457 e. The van der Waals surface area contributed by atoms with E-state index in [0.717, 1.165) is 15.7 Å². The van der Waals surface area contributed by atoms with Gasteiger partial charge in [-0.3, -0.25) is 4.79 Å². The van der Waals surface area contributed by atoms with Crippen LogP contribution in [0.25, 0.3) is 17.4 Å². The molecule has 3 aromatic rings. The Bertz CT molecular complexity index is 1090. The van der Waals surface area contributed by atoms with Crippen LogP contribution in [-0.4, -0.2) is 11.1 Å². The number of halogens is 2. The van der Waals surface area contributed by atoms with Gasteiger partial charge in [-0.1, -0.05) is 35.9 Å². The minimum absolute atomic E-state index is 0.207. The predicted molar refractivity (Wildman–Crippen MR) is 114 cm³/mol. The number of aliphatic imine (C=N–C) groups is 1. The van der Waals surface area contributed by atoms with E-state index in [4.69, 9.17) is 16.0 Å². The van der Waals surface area contributed by atoms with Crippen molar-refractivity contribution in [3.63, 3.8) is 0 Å². The number of benzene rings is 2. The number of nitrogens with zero attached hydrogens (tertiary/aromatic N) is 1. The van der Waals surface area contributed by atoms with Crippen LogP contribution in [-0.2, 0) is 4.79 Å². The number of amides is 1. The minimum Gasteiger partial charge on any atom is -0.457 e. The summed E-state index contributed by atoms with van der Waals surface area (Å²) in [5.41, 5.74) is 1.56. The van der Waals surface area contributed by atoms with E-state index < -0.39 is 0 Å². The molecule has 0 unspecified atom stereocenters. The van der Waals surface area contributed by atoms with Crippen molar-refractivity contribution in [2.75, 3.05) is 0 Å². The fraction of sp³-hybridized carbons (Fsp3) is 0. The average molecular weight is 460 g/mol. The Morgan fingerprint density at radius 1 is 1.07 bits per heavy atom. The summed E-state index contributed by atoms with van der Waals surface area (Å²) in [5.74, 6) is 1.02. The fourth-order valence-corrected chi connectivity index (χ4v) is 3.91. The summed E-state index contributed by atoms with van der Waals surface area (Å²) in [6.07, 6.45) is 1.70. The third kappa shape index (κ3) is 4.03. The van der Waals surface area contributed by atoms with Crippen molar-refractivity contribution in [3.8, 4) is 11.3 Å². The standard InChI is InChI=1S/C20H12BrClN2O2S/c21-14-6-2-4-8-16(14)23-20-24-19(25)18(27-20)11-12-9-10-17(26-12)13-5-1-3-7-15(13)22/h1-11H,(H,23,24,25). The summed E-state index contributed by atoms with van der Waals surface area (Å²) in [6, 6.07) is 18.7. The van der Waals surface area contributed by atoms with Crippen molar-refractivity contribution in [1.82, 2.24) is 5.32 Å². The Labute approximate surface area is 173 Å². The van der Waals surface area contributed by atoms with Crippen molar-refractivity contribution in [2.24, 2.45) is 4.99 Å². The van der Waals surface area contributed by atoms with Crippen LogP contribution in [0, 0.1) is 0 Å². The van der Waals surface area contributed by atoms with Crippen LogP contribution >= 0.6 is 39.3 Å². The molecule has 1 fully saturated rings. The highest BCUT2D eigenvalue weighted by Crippen LogP contribution is 2.33. The quantitative estimate of drug-likeness (QED) is 0.471. The summed E-state index contributed by atoms with van der Waals surface area (Å²) in [5, 5.41) is 3.91. The molecule has 0 saturated carbocycles. The second kappa shape index (κ2) is 7.76. The van der Waals surface area contributed by atoms with Crippen LogP contribution in [0.15, 0.2) is 79.5 Å². The van der Waals surface area contributed by atoms with Crippen LogP contribution in [0.4, 0.5) is 5.69 Å². The van der Waals surface area contributed by atoms with Gasteiger partial charge in [0.1, 0.15) is 11.5 Å². The maximum absolute atomic E-state index is 12.2. The third-order valence-corrected chi connectivity index (χ3v) is 5.67. The Morgan fingerprint density at radius 2 is 1.85 bits per heavy atom. The van der Waals surface area contributed by atoms with Gasteiger partial charge in [-0.2, -0.15) is 0 Å². The second-order valence-corrected chi connectivity index (χ2v) is 7.91. The highest BCUT2D eigenvalue weighted by Gasteiger charge is 2.24. The molecule has 0 spiro atoms. The molecule has 1 amide bonds. The van der Waals surface area contributed by atoms with Crippen molar-refractivity contribution in [2.45, 2.75) is 0 Å². The number of furan rings is 1. The summed E-state index contributed by atoms with van der Waals surface area (Å²) in [4.78, 5) is 17.2. The Balaban J connectivity index is 1.58. The van der Waals surface area contributed by atoms with Crippen molar-refractivity contribution in [1.29, 1.82) is 0 Å². The topological polar surface area (TPSA) is 54.6 Å². The first-order valence-electron chi connectivity index (χ1n) is 7.99. The molecule has 7 heteroatoms. The number of carbonyl (C=O) groups excluding carboxylic acids is 1. The first-order chi connectivity index (χ1) is 13.1. The molecule has 0 atom stereocenters. The van der Waals surface area contributed by atoms with Crippen LogP contribution < -0.4 is 5.32 Å². The molecular weight excluding hydrogens is 448 g/mol. The van der Waals surface area contributed by atoms with E-state index >= 15 is 0 Å². The van der Waals surface area contributed by atoms with Gasteiger partial charge >= 0.3 is 0 Å². The summed E-state index contributed by atoms with van der Waals surface area (Å²) in [7, 11) is 0. The number of nitrogens with one attached hydrogen (secondary N) is 1. The van der Waals surface area contributed by atoms with Crippen molar-refractivity contribution >= 4 is 62.1 Å². The van der Waals surface area contributed by atoms with Gasteiger partial charge in [0.25, 0.3) is 5.91 Å². The molecule has 134 valence electrons. The van der Waals surface area contributed by atoms with E-state index in [9.17, 15) is 4.79 Å². The zero-order chi connectivity index (χ0) is 18.8. The third-order valence-electron chi connectivity index (χ3n) is 3.76. The normalized spacial score (nSPS) is 16.9. The van der Waals surface area contributed by atoms with E-state index in [2.05, 4.69) is 26.2 Å². The van der Waals surface area contributed by atoms with E-state index in [1.807, 2.05) is 60.7 Å². The van der Waals surface area contributed by atoms with Gasteiger partial charge in [-0.05, 0) is 64.1 Å². The lowest BCUT2D eigenvalue weighted by atomic mass is 10.2. The van der Waals surface area contributed by atoms with Gasteiger partial charge in [0.05, 0.1) is 15.6 Å². The van der Waals surface area contributed by atoms with Crippen molar-refractivity contribution in [3.05, 3.63) is 80.8 Å². The number of hydrogen-bond acceptors (Lipinski definition) is 4. The van der Waals surface area contributed by atoms with E-state index in [1.165, 1.54) is 11.8 Å². The predicted octanol–water partition coefficient (Wildman–Crippen LogP) is 6.25. The van der Waals surface area contributed by atoms with E-state index in [0.29, 0.717) is 26.6 Å². The van der Waals surface area contributed by atoms with Crippen LogP contribution in [0.1, 0.15) is 5.76 Å². The molecule has 2 heterocycles. The lowest BCUT2D eigenvalue weighted by Gasteiger charge is -1.99. The first kappa shape index (κ1) is 18.1. The smallest absolute Gasteiger partial charge is 0.264 e. The molecule has 0 radical (unpaired) electrons. The summed E-state index contributed by atoms with van der Waals surface area (Å²) >= 11 is 10.9. The Kier molecular flexibility index (Phi) is 5.20. The molecule has 1 saturated heterocycles. The van der Waals surface area contributed by atoms with Gasteiger partial charge < -0.3 is 9.73 Å². The lowest BCUT2D eigenvalue weighted by molar-refractivity contribution is -0.115. The molecule has 4 rings (SSSR count). The van der Waals surface area contributed by atoms with E-state index in [-0.39, 0.29) is 5.91 Å².